The number of aromatic nitrogens is 2. The zero-order chi connectivity index (χ0) is 30.8. The summed E-state index contributed by atoms with van der Waals surface area (Å²) in [7, 11) is -4.18. The molecule has 1 aliphatic rings. The van der Waals surface area contributed by atoms with Gasteiger partial charge >= 0.3 is 0 Å². The fraction of sp³-hybridized carbons (Fsp3) is 0.464. The molecular formula is C28H36N6O7S. The van der Waals surface area contributed by atoms with Crippen molar-refractivity contribution in [3.8, 4) is 0 Å². The van der Waals surface area contributed by atoms with Crippen molar-refractivity contribution in [2.75, 3.05) is 6.54 Å². The van der Waals surface area contributed by atoms with Gasteiger partial charge in [-0.2, -0.15) is 4.72 Å². The molecule has 3 heterocycles. The van der Waals surface area contributed by atoms with Crippen LogP contribution in [0.4, 0.5) is 0 Å². The maximum atomic E-state index is 13.6. The number of sulfonamides is 1. The lowest BCUT2D eigenvalue weighted by molar-refractivity contribution is -0.124. The Kier molecular flexibility index (Phi) is 9.16. The molecule has 0 saturated heterocycles. The van der Waals surface area contributed by atoms with Crippen molar-refractivity contribution in [1.29, 1.82) is 0 Å². The number of nitrogens with one attached hydrogen (secondary N) is 5. The number of rotatable bonds is 4. The third-order valence-corrected chi connectivity index (χ3v) is 8.63. The van der Waals surface area contributed by atoms with Gasteiger partial charge in [-0.15, -0.1) is 0 Å². The zero-order valence-electron chi connectivity index (χ0n) is 24.2. The molecule has 0 aliphatic carbocycles. The lowest BCUT2D eigenvalue weighted by Gasteiger charge is -2.24. The van der Waals surface area contributed by atoms with Crippen molar-refractivity contribution in [3.63, 3.8) is 0 Å². The number of nitrogens with zero attached hydrogens (tertiary/aromatic N) is 1. The topological polar surface area (TPSA) is 192 Å². The summed E-state index contributed by atoms with van der Waals surface area (Å²) in [5, 5.41) is 8.76. The van der Waals surface area contributed by atoms with Gasteiger partial charge in [0, 0.05) is 23.5 Å². The van der Waals surface area contributed by atoms with Gasteiger partial charge in [0.25, 0.3) is 5.91 Å². The highest BCUT2D eigenvalue weighted by Crippen LogP contribution is 2.25. The van der Waals surface area contributed by atoms with E-state index in [1.807, 2.05) is 13.8 Å². The van der Waals surface area contributed by atoms with E-state index < -0.39 is 40.0 Å². The Morgan fingerprint density at radius 2 is 1.76 bits per heavy atom. The predicted octanol–water partition coefficient (Wildman–Crippen LogP) is 1.71. The molecule has 3 atom stereocenters. The quantitative estimate of drug-likeness (QED) is 0.299. The Morgan fingerprint density at radius 1 is 1.02 bits per heavy atom. The van der Waals surface area contributed by atoms with Gasteiger partial charge in [-0.05, 0) is 69.7 Å². The molecule has 0 unspecified atom stereocenters. The lowest BCUT2D eigenvalue weighted by atomic mass is 10.0. The normalized spacial score (nSPS) is 21.2. The molecule has 0 radical (unpaired) electrons. The number of amides is 3. The van der Waals surface area contributed by atoms with Crippen molar-refractivity contribution in [1.82, 2.24) is 30.6 Å². The Balaban J connectivity index is 1.66. The number of hydrogen-bond acceptors (Lipinski definition) is 8. The van der Waals surface area contributed by atoms with E-state index in [2.05, 4.69) is 30.6 Å². The van der Waals surface area contributed by atoms with Crippen molar-refractivity contribution in [3.05, 3.63) is 57.5 Å². The summed E-state index contributed by atoms with van der Waals surface area (Å²) >= 11 is 0. The molecule has 3 amide bonds. The average Bonchev–Trinajstić information content (AvgIpc) is 3.30. The summed E-state index contributed by atoms with van der Waals surface area (Å²) in [5.41, 5.74) is 0.795. The third kappa shape index (κ3) is 6.87. The number of pyridine rings is 1. The first-order chi connectivity index (χ1) is 19.8. The van der Waals surface area contributed by atoms with Gasteiger partial charge in [-0.3, -0.25) is 19.2 Å². The number of oxazole rings is 1. The number of carbonyl (C=O) groups excluding carboxylic acids is 3. The van der Waals surface area contributed by atoms with Crippen molar-refractivity contribution < 1.29 is 27.2 Å². The van der Waals surface area contributed by atoms with Crippen LogP contribution in [0.25, 0.3) is 10.9 Å². The van der Waals surface area contributed by atoms with E-state index in [4.69, 9.17) is 4.42 Å². The van der Waals surface area contributed by atoms with Crippen LogP contribution in [0.2, 0.25) is 0 Å². The Bertz CT molecular complexity index is 1680. The first kappa shape index (κ1) is 30.9. The minimum Gasteiger partial charge on any atom is -0.443 e. The van der Waals surface area contributed by atoms with E-state index >= 15 is 0 Å². The summed E-state index contributed by atoms with van der Waals surface area (Å²) in [6.07, 6.45) is 1.02. The molecule has 5 N–H and O–H groups in total. The number of fused-ring (bicyclic) bond motifs is 3. The molecule has 0 spiro atoms. The Hall–Kier alpha value is -4.04. The van der Waals surface area contributed by atoms with Crippen molar-refractivity contribution >= 4 is 38.6 Å². The summed E-state index contributed by atoms with van der Waals surface area (Å²) in [6, 6.07) is 2.95. The van der Waals surface area contributed by atoms with Gasteiger partial charge in [0.05, 0.1) is 4.90 Å². The SMILES string of the molecule is Cc1oc2nc1C(=O)N[C@H](C)C(=O)NCCCC[C@H](NS(=O)(=O)c1ccc3[nH]c(=O)cc(C)c3c1)C(=O)N[C@H]2C(C)C. The highest BCUT2D eigenvalue weighted by Gasteiger charge is 2.32. The minimum absolute atomic E-state index is 0.0122. The number of aromatic amines is 1. The Morgan fingerprint density at radius 3 is 2.48 bits per heavy atom. The van der Waals surface area contributed by atoms with Gasteiger partial charge in [0.2, 0.25) is 33.3 Å². The maximum Gasteiger partial charge on any atom is 0.274 e. The van der Waals surface area contributed by atoms with E-state index in [1.165, 1.54) is 24.3 Å². The second kappa shape index (κ2) is 12.4. The number of aryl methyl sites for hydroxylation is 2. The van der Waals surface area contributed by atoms with Gasteiger partial charge in [-0.1, -0.05) is 13.8 Å². The molecule has 1 aliphatic heterocycles. The fourth-order valence-electron chi connectivity index (χ4n) is 4.76. The van der Waals surface area contributed by atoms with Gasteiger partial charge in [0.1, 0.15) is 23.9 Å². The van der Waals surface area contributed by atoms with Crippen LogP contribution in [0, 0.1) is 19.8 Å². The number of benzene rings is 1. The molecule has 0 saturated carbocycles. The van der Waals surface area contributed by atoms with Crippen LogP contribution in [-0.4, -0.2) is 54.7 Å². The van der Waals surface area contributed by atoms with Crippen molar-refractivity contribution in [2.45, 2.75) is 76.9 Å². The molecule has 13 nitrogen and oxygen atoms in total. The number of hydrogen-bond donors (Lipinski definition) is 5. The van der Waals surface area contributed by atoms with Gasteiger partial charge in [-0.25, -0.2) is 13.4 Å². The molecule has 2 bridgehead atoms. The predicted molar refractivity (Wildman–Crippen MR) is 154 cm³/mol. The number of H-pyrrole nitrogens is 1. The first-order valence-corrected chi connectivity index (χ1v) is 15.3. The molecule has 42 heavy (non-hydrogen) atoms. The van der Waals surface area contributed by atoms with E-state index in [0.29, 0.717) is 29.3 Å². The highest BCUT2D eigenvalue weighted by molar-refractivity contribution is 7.89. The second-order valence-electron chi connectivity index (χ2n) is 10.9. The molecule has 4 rings (SSSR count). The summed E-state index contributed by atoms with van der Waals surface area (Å²) in [6.45, 7) is 8.75. The van der Waals surface area contributed by atoms with Crippen LogP contribution in [0.1, 0.15) is 73.8 Å². The van der Waals surface area contributed by atoms with E-state index in [9.17, 15) is 27.6 Å². The average molecular weight is 601 g/mol. The van der Waals surface area contributed by atoms with Crippen LogP contribution in [0.3, 0.4) is 0 Å². The Labute approximate surface area is 243 Å². The van der Waals surface area contributed by atoms with Gasteiger partial charge < -0.3 is 25.4 Å². The van der Waals surface area contributed by atoms with E-state index in [0.717, 1.165) is 0 Å². The van der Waals surface area contributed by atoms with Crippen LogP contribution >= 0.6 is 0 Å². The molecule has 226 valence electrons. The standard InChI is InChI=1S/C28H36N6O7S/c1-14(2)23-28-33-24(17(5)41-28)27(38)30-16(4)25(36)29-11-7-6-8-21(26(37)32-23)34-42(39,40)18-9-10-20-19(13-18)15(3)12-22(35)31-20/h9-10,12-14,16,21,23,34H,6-8,11H2,1-5H3,(H,29,36)(H,30,38)(H,31,35)(H,32,37)/t16-,21+,23+/m1/s1. The fourth-order valence-corrected chi connectivity index (χ4v) is 6.02. The molecule has 14 heteroatoms. The summed E-state index contributed by atoms with van der Waals surface area (Å²) < 4.78 is 35.3. The first-order valence-electron chi connectivity index (χ1n) is 13.8. The summed E-state index contributed by atoms with van der Waals surface area (Å²) in [5.74, 6) is -1.50. The zero-order valence-corrected chi connectivity index (χ0v) is 25.0. The van der Waals surface area contributed by atoms with E-state index in [-0.39, 0.29) is 52.6 Å². The molecular weight excluding hydrogens is 564 g/mol. The monoisotopic (exact) mass is 600 g/mol. The lowest BCUT2D eigenvalue weighted by Crippen LogP contribution is -2.48. The smallest absolute Gasteiger partial charge is 0.274 e. The third-order valence-electron chi connectivity index (χ3n) is 7.16. The van der Waals surface area contributed by atoms with Crippen LogP contribution in [0.5, 0.6) is 0 Å². The van der Waals surface area contributed by atoms with Gasteiger partial charge in [0.15, 0.2) is 5.69 Å². The van der Waals surface area contributed by atoms with Crippen molar-refractivity contribution in [2.24, 2.45) is 5.92 Å². The number of carbonyl (C=O) groups is 3. The molecule has 2 aromatic heterocycles. The maximum absolute atomic E-state index is 13.6. The highest BCUT2D eigenvalue weighted by atomic mass is 32.2. The van der Waals surface area contributed by atoms with Crippen LogP contribution in [-0.2, 0) is 19.6 Å². The minimum atomic E-state index is -4.18. The van der Waals surface area contributed by atoms with Crippen LogP contribution < -0.4 is 26.2 Å². The molecule has 0 fully saturated rings. The summed E-state index contributed by atoms with van der Waals surface area (Å²) in [4.78, 5) is 57.7. The van der Waals surface area contributed by atoms with Crippen LogP contribution in [0.15, 0.2) is 38.4 Å². The molecule has 3 aromatic rings. The van der Waals surface area contributed by atoms with E-state index in [1.54, 1.807) is 20.8 Å². The largest absolute Gasteiger partial charge is 0.443 e. The second-order valence-corrected chi connectivity index (χ2v) is 12.6. The molecule has 1 aromatic carbocycles.